The molecule has 1 saturated heterocycles. The van der Waals surface area contributed by atoms with Crippen LogP contribution in [-0.2, 0) is 10.9 Å². The lowest BCUT2D eigenvalue weighted by atomic mass is 9.96. The molecule has 5 aliphatic rings. The van der Waals surface area contributed by atoms with Crippen molar-refractivity contribution in [1.82, 2.24) is 9.88 Å². The molecule has 6 atom stereocenters. The van der Waals surface area contributed by atoms with Gasteiger partial charge in [-0.1, -0.05) is 0 Å². The topological polar surface area (TPSA) is 89.8 Å². The molecule has 6 rings (SSSR count). The van der Waals surface area contributed by atoms with E-state index in [0.29, 0.717) is 29.8 Å². The smallest absolute Gasteiger partial charge is 0.398 e. The lowest BCUT2D eigenvalue weighted by Crippen LogP contribution is -2.49. The number of anilines is 1. The van der Waals surface area contributed by atoms with Crippen molar-refractivity contribution in [1.29, 1.82) is 0 Å². The van der Waals surface area contributed by atoms with Crippen LogP contribution in [0, 0.1) is 23.2 Å². The number of fused-ring (bicyclic) bond motifs is 1. The summed E-state index contributed by atoms with van der Waals surface area (Å²) in [6, 6.07) is 1.96. The van der Waals surface area contributed by atoms with Crippen LogP contribution in [0.25, 0.3) is 5.70 Å². The van der Waals surface area contributed by atoms with Crippen LogP contribution < -0.4 is 11.5 Å². The molecule has 0 aromatic carbocycles. The molecule has 0 radical (unpaired) electrons. The summed E-state index contributed by atoms with van der Waals surface area (Å²) in [5.74, 6) is 1.20. The minimum absolute atomic E-state index is 0.0334. The second kappa shape index (κ2) is 7.18. The summed E-state index contributed by atoms with van der Waals surface area (Å²) in [6.07, 6.45) is -0.358. The first-order valence-electron chi connectivity index (χ1n) is 11.3. The maximum absolute atomic E-state index is 13.3. The zero-order valence-electron chi connectivity index (χ0n) is 18.6. The van der Waals surface area contributed by atoms with Gasteiger partial charge in [0.1, 0.15) is 5.82 Å². The van der Waals surface area contributed by atoms with E-state index < -0.39 is 17.6 Å². The number of nitrogen functional groups attached to an aromatic ring is 1. The number of morpholine rings is 1. The number of aliphatic imine (C=N–C) groups is 1. The second-order valence-electron chi connectivity index (χ2n) is 9.92. The minimum Gasteiger partial charge on any atom is -0.398 e. The van der Waals surface area contributed by atoms with E-state index in [1.54, 1.807) is 6.08 Å². The average Bonchev–Trinajstić information content (AvgIpc) is 3.45. The summed E-state index contributed by atoms with van der Waals surface area (Å²) in [5, 5.41) is 0. The van der Waals surface area contributed by atoms with Crippen LogP contribution in [0.15, 0.2) is 23.3 Å². The first-order valence-corrected chi connectivity index (χ1v) is 11.3. The molecule has 2 bridgehead atoms. The van der Waals surface area contributed by atoms with Gasteiger partial charge in [0.05, 0.1) is 18.8 Å². The van der Waals surface area contributed by atoms with Crippen molar-refractivity contribution >= 4 is 17.2 Å². The van der Waals surface area contributed by atoms with Gasteiger partial charge in [0.25, 0.3) is 0 Å². The molecule has 1 aliphatic heterocycles. The Morgan fingerprint density at radius 1 is 1.38 bits per heavy atom. The fourth-order valence-corrected chi connectivity index (χ4v) is 6.41. The van der Waals surface area contributed by atoms with Crippen LogP contribution in [0.4, 0.5) is 19.0 Å². The summed E-state index contributed by atoms with van der Waals surface area (Å²) in [4.78, 5) is 11.2. The summed E-state index contributed by atoms with van der Waals surface area (Å²) < 4.78 is 45.4. The summed E-state index contributed by atoms with van der Waals surface area (Å²) in [5.41, 5.74) is 12.2. The van der Waals surface area contributed by atoms with Gasteiger partial charge in [-0.3, -0.25) is 9.89 Å². The highest BCUT2D eigenvalue weighted by molar-refractivity contribution is 6.10. The molecule has 2 heterocycles. The number of halogens is 3. The zero-order chi connectivity index (χ0) is 23.0. The maximum atomic E-state index is 13.3. The van der Waals surface area contributed by atoms with E-state index in [9.17, 15) is 13.2 Å². The molecule has 9 heteroatoms. The Hall–Kier alpha value is -2.13. The predicted molar refractivity (Wildman–Crippen MR) is 117 cm³/mol. The number of rotatable bonds is 5. The Balaban J connectivity index is 1.43. The monoisotopic (exact) mass is 449 g/mol. The van der Waals surface area contributed by atoms with E-state index in [4.69, 9.17) is 21.2 Å². The Morgan fingerprint density at radius 3 is 2.75 bits per heavy atom. The number of alkyl halides is 3. The number of nitrogens with zero attached hydrogens (tertiary/aromatic N) is 3. The van der Waals surface area contributed by atoms with Crippen LogP contribution >= 0.6 is 0 Å². The Labute approximate surface area is 185 Å². The molecular formula is C23H30F3N5O. The maximum Gasteiger partial charge on any atom is 0.419 e. The SMILES string of the molecule is CC(C)N=C(C=C(N)c1cnc(N)c(C(F)(F)F)c1)[C@]12C3C(N4CCOC[C@@H]4C)C[C@@H]1[C@H]32. The molecule has 4 N–H and O–H groups in total. The van der Waals surface area contributed by atoms with E-state index in [-0.39, 0.29) is 22.7 Å². The van der Waals surface area contributed by atoms with Crippen molar-refractivity contribution < 1.29 is 17.9 Å². The molecule has 1 aromatic heterocycles. The molecule has 4 aliphatic carbocycles. The lowest BCUT2D eigenvalue weighted by molar-refractivity contribution is -0.137. The van der Waals surface area contributed by atoms with Crippen molar-refractivity contribution in [3.8, 4) is 0 Å². The van der Waals surface area contributed by atoms with E-state index >= 15 is 0 Å². The quantitative estimate of drug-likeness (QED) is 0.674. The van der Waals surface area contributed by atoms with Crippen LogP contribution in [0.1, 0.15) is 38.3 Å². The average molecular weight is 450 g/mol. The molecule has 6 nitrogen and oxygen atoms in total. The van der Waals surface area contributed by atoms with Crippen molar-refractivity contribution in [2.24, 2.45) is 33.9 Å². The molecule has 32 heavy (non-hydrogen) atoms. The zero-order valence-corrected chi connectivity index (χ0v) is 18.6. The highest BCUT2D eigenvalue weighted by Gasteiger charge is 2.93. The van der Waals surface area contributed by atoms with Crippen molar-refractivity contribution in [3.63, 3.8) is 0 Å². The number of ether oxygens (including phenoxy) is 1. The Kier molecular flexibility index (Phi) is 4.87. The first kappa shape index (κ1) is 21.7. The molecule has 174 valence electrons. The molecule has 0 spiro atoms. The van der Waals surface area contributed by atoms with Crippen LogP contribution in [0.5, 0.6) is 0 Å². The van der Waals surface area contributed by atoms with Gasteiger partial charge in [-0.05, 0) is 57.1 Å². The number of hydrogen-bond donors (Lipinski definition) is 2. The highest BCUT2D eigenvalue weighted by Crippen LogP contribution is 2.92. The van der Waals surface area contributed by atoms with Gasteiger partial charge in [0.15, 0.2) is 0 Å². The van der Waals surface area contributed by atoms with Crippen LogP contribution in [0.3, 0.4) is 0 Å². The van der Waals surface area contributed by atoms with E-state index in [1.807, 2.05) is 13.8 Å². The first-order chi connectivity index (χ1) is 15.1. The summed E-state index contributed by atoms with van der Waals surface area (Å²) >= 11 is 0. The number of nitrogens with two attached hydrogens (primary N) is 2. The number of aromatic nitrogens is 1. The largest absolute Gasteiger partial charge is 0.419 e. The minimum atomic E-state index is -4.58. The highest BCUT2D eigenvalue weighted by atomic mass is 19.4. The van der Waals surface area contributed by atoms with Gasteiger partial charge in [0.2, 0.25) is 0 Å². The van der Waals surface area contributed by atoms with Crippen LogP contribution in [-0.4, -0.2) is 53.5 Å². The predicted octanol–water partition coefficient (Wildman–Crippen LogP) is 3.19. The van der Waals surface area contributed by atoms with Gasteiger partial charge in [0, 0.05) is 53.3 Å². The van der Waals surface area contributed by atoms with Crippen LogP contribution in [0.2, 0.25) is 0 Å². The standard InChI is InChI=1S/C23H30F3N5O/c1-11(2)30-18(8-16(27)13-6-15(23(24,25)26)21(28)29-9-13)22-14-7-17(20(22)19(14)22)31-4-5-32-10-12(31)3/h6,8-9,11-12,14,17,19-20H,4-5,7,10,27H2,1-3H3,(H2,28,29)/t12-,14+,17?,19+,20?,22+/m0/s1. The molecule has 4 saturated carbocycles. The van der Waals surface area contributed by atoms with Crippen molar-refractivity contribution in [2.75, 3.05) is 25.5 Å². The van der Waals surface area contributed by atoms with Gasteiger partial charge >= 0.3 is 6.18 Å². The van der Waals surface area contributed by atoms with E-state index in [1.165, 1.54) is 6.20 Å². The van der Waals surface area contributed by atoms with Gasteiger partial charge in [-0.2, -0.15) is 13.2 Å². The van der Waals surface area contributed by atoms with Gasteiger partial charge in [-0.15, -0.1) is 0 Å². The molecular weight excluding hydrogens is 419 g/mol. The van der Waals surface area contributed by atoms with E-state index in [2.05, 4.69) is 16.8 Å². The third-order valence-electron chi connectivity index (χ3n) is 7.76. The Morgan fingerprint density at radius 2 is 2.12 bits per heavy atom. The van der Waals surface area contributed by atoms with Crippen molar-refractivity contribution in [3.05, 3.63) is 29.5 Å². The number of hydrogen-bond acceptors (Lipinski definition) is 6. The number of allylic oxidation sites excluding steroid dienone is 1. The fraction of sp³-hybridized carbons (Fsp3) is 0.652. The molecule has 0 amide bonds. The van der Waals surface area contributed by atoms with Crippen molar-refractivity contribution in [2.45, 2.75) is 51.5 Å². The fourth-order valence-electron chi connectivity index (χ4n) is 6.41. The lowest BCUT2D eigenvalue weighted by Gasteiger charge is -2.38. The third kappa shape index (κ3) is 3.15. The summed E-state index contributed by atoms with van der Waals surface area (Å²) in [6.45, 7) is 8.71. The van der Waals surface area contributed by atoms with E-state index in [0.717, 1.165) is 38.0 Å². The normalized spacial score (nSPS) is 37.0. The Bertz CT molecular complexity index is 984. The molecule has 2 unspecified atom stereocenters. The molecule has 1 aromatic rings. The van der Waals surface area contributed by atoms with Gasteiger partial charge < -0.3 is 16.2 Å². The number of pyridine rings is 1. The summed E-state index contributed by atoms with van der Waals surface area (Å²) in [7, 11) is 0. The second-order valence-corrected chi connectivity index (χ2v) is 9.92. The third-order valence-corrected chi connectivity index (χ3v) is 7.76. The van der Waals surface area contributed by atoms with Gasteiger partial charge in [-0.25, -0.2) is 4.98 Å². The molecule has 5 fully saturated rings.